The molecule has 4 heteroatoms. The summed E-state index contributed by atoms with van der Waals surface area (Å²) in [5.74, 6) is -2.83. The summed E-state index contributed by atoms with van der Waals surface area (Å²) < 4.78 is 33.6. The lowest BCUT2D eigenvalue weighted by molar-refractivity contribution is -0.0696. The topological polar surface area (TPSA) is 21.3 Å². The van der Waals surface area contributed by atoms with Gasteiger partial charge in [0.2, 0.25) is 0 Å². The Balaban J connectivity index is 1.91. The molecule has 0 radical (unpaired) electrons. The molecule has 1 aromatic carbocycles. The Bertz CT molecular complexity index is 406. The molecular formula is C15H21F2NO. The van der Waals surface area contributed by atoms with Crippen LogP contribution < -0.4 is 5.32 Å². The highest BCUT2D eigenvalue weighted by atomic mass is 19.3. The largest absolute Gasteiger partial charge is 0.375 e. The molecule has 1 aliphatic rings. The average molecular weight is 269 g/mol. The number of rotatable bonds is 4. The second-order valence-electron chi connectivity index (χ2n) is 5.75. The Morgan fingerprint density at radius 2 is 2.00 bits per heavy atom. The molecule has 1 N–H and O–H groups in total. The van der Waals surface area contributed by atoms with Gasteiger partial charge >= 0.3 is 0 Å². The maximum atomic E-state index is 14.0. The first kappa shape index (κ1) is 14.4. The lowest BCUT2D eigenvalue weighted by Crippen LogP contribution is -2.46. The molecule has 19 heavy (non-hydrogen) atoms. The molecule has 1 fully saturated rings. The van der Waals surface area contributed by atoms with Crippen LogP contribution in [0.1, 0.15) is 32.3 Å². The predicted octanol–water partition coefficient (Wildman–Crippen LogP) is 3.33. The molecule has 106 valence electrons. The third-order valence-corrected chi connectivity index (χ3v) is 3.51. The standard InChI is InChI=1S/C15H21F2NO/c1-14(2)10-13(8-9-19-14)18-11-15(16,17)12-6-4-3-5-7-12/h3-7,13,18H,8-11H2,1-2H3. The molecule has 0 amide bonds. The van der Waals surface area contributed by atoms with Crippen molar-refractivity contribution >= 4 is 0 Å². The van der Waals surface area contributed by atoms with Gasteiger partial charge in [-0.3, -0.25) is 0 Å². The number of alkyl halides is 2. The molecule has 0 aliphatic carbocycles. The van der Waals surface area contributed by atoms with Crippen LogP contribution in [0.3, 0.4) is 0 Å². The number of nitrogens with one attached hydrogen (secondary N) is 1. The van der Waals surface area contributed by atoms with Gasteiger partial charge in [-0.1, -0.05) is 30.3 Å². The highest BCUT2D eigenvalue weighted by Gasteiger charge is 2.34. The van der Waals surface area contributed by atoms with E-state index in [2.05, 4.69) is 5.32 Å². The normalized spacial score (nSPS) is 23.3. The summed E-state index contributed by atoms with van der Waals surface area (Å²) in [4.78, 5) is 0. The minimum Gasteiger partial charge on any atom is -0.375 e. The van der Waals surface area contributed by atoms with Gasteiger partial charge in [-0.2, -0.15) is 8.78 Å². The molecule has 1 unspecified atom stereocenters. The summed E-state index contributed by atoms with van der Waals surface area (Å²) in [7, 11) is 0. The summed E-state index contributed by atoms with van der Waals surface area (Å²) in [5, 5.41) is 2.99. The van der Waals surface area contributed by atoms with Gasteiger partial charge in [-0.05, 0) is 26.7 Å². The number of benzene rings is 1. The fourth-order valence-corrected chi connectivity index (χ4v) is 2.46. The average Bonchev–Trinajstić information content (AvgIpc) is 2.37. The Morgan fingerprint density at radius 3 is 2.63 bits per heavy atom. The second kappa shape index (κ2) is 5.55. The molecule has 1 aromatic rings. The van der Waals surface area contributed by atoms with Crippen molar-refractivity contribution in [3.05, 3.63) is 35.9 Å². The fraction of sp³-hybridized carbons (Fsp3) is 0.600. The summed E-state index contributed by atoms with van der Waals surface area (Å²) >= 11 is 0. The van der Waals surface area contributed by atoms with Crippen LogP contribution in [-0.2, 0) is 10.7 Å². The molecule has 0 saturated carbocycles. The second-order valence-corrected chi connectivity index (χ2v) is 5.75. The van der Waals surface area contributed by atoms with E-state index in [9.17, 15) is 8.78 Å². The van der Waals surface area contributed by atoms with E-state index in [0.29, 0.717) is 6.61 Å². The van der Waals surface area contributed by atoms with Crippen molar-refractivity contribution in [2.75, 3.05) is 13.2 Å². The van der Waals surface area contributed by atoms with Crippen LogP contribution in [-0.4, -0.2) is 24.8 Å². The van der Waals surface area contributed by atoms with Crippen molar-refractivity contribution < 1.29 is 13.5 Å². The zero-order chi connectivity index (χ0) is 13.9. The quantitative estimate of drug-likeness (QED) is 0.905. The van der Waals surface area contributed by atoms with Gasteiger partial charge in [0.05, 0.1) is 12.1 Å². The molecule has 1 saturated heterocycles. The third kappa shape index (κ3) is 3.98. The molecular weight excluding hydrogens is 248 g/mol. The zero-order valence-corrected chi connectivity index (χ0v) is 11.5. The van der Waals surface area contributed by atoms with Crippen molar-refractivity contribution in [1.82, 2.24) is 5.32 Å². The van der Waals surface area contributed by atoms with E-state index < -0.39 is 5.92 Å². The van der Waals surface area contributed by atoms with Gasteiger partial charge in [-0.15, -0.1) is 0 Å². The van der Waals surface area contributed by atoms with Gasteiger partial charge in [-0.25, -0.2) is 0 Å². The fourth-order valence-electron chi connectivity index (χ4n) is 2.46. The lowest BCUT2D eigenvalue weighted by atomic mass is 9.93. The van der Waals surface area contributed by atoms with Crippen LogP contribution in [0.5, 0.6) is 0 Å². The first-order chi connectivity index (χ1) is 8.89. The van der Waals surface area contributed by atoms with E-state index in [1.807, 2.05) is 13.8 Å². The van der Waals surface area contributed by atoms with E-state index in [-0.39, 0.29) is 23.8 Å². The van der Waals surface area contributed by atoms with E-state index in [0.717, 1.165) is 12.8 Å². The monoisotopic (exact) mass is 269 g/mol. The number of ether oxygens (including phenoxy) is 1. The van der Waals surface area contributed by atoms with Crippen LogP contribution in [0, 0.1) is 0 Å². The van der Waals surface area contributed by atoms with Crippen LogP contribution in [0.2, 0.25) is 0 Å². The van der Waals surface area contributed by atoms with Crippen molar-refractivity contribution in [1.29, 1.82) is 0 Å². The molecule has 2 nitrogen and oxygen atoms in total. The summed E-state index contributed by atoms with van der Waals surface area (Å²) in [6.45, 7) is 4.30. The smallest absolute Gasteiger partial charge is 0.285 e. The first-order valence-electron chi connectivity index (χ1n) is 6.70. The maximum Gasteiger partial charge on any atom is 0.285 e. The highest BCUT2D eigenvalue weighted by molar-refractivity contribution is 5.20. The number of halogens is 2. The minimum atomic E-state index is -2.83. The van der Waals surface area contributed by atoms with Gasteiger partial charge in [0, 0.05) is 18.2 Å². The molecule has 0 spiro atoms. The van der Waals surface area contributed by atoms with Crippen LogP contribution in [0.4, 0.5) is 8.78 Å². The molecule has 1 heterocycles. The maximum absolute atomic E-state index is 14.0. The molecule has 2 rings (SSSR count). The van der Waals surface area contributed by atoms with Crippen molar-refractivity contribution in [2.24, 2.45) is 0 Å². The molecule has 0 aromatic heterocycles. The van der Waals surface area contributed by atoms with Gasteiger partial charge < -0.3 is 10.1 Å². The summed E-state index contributed by atoms with van der Waals surface area (Å²) in [5.41, 5.74) is -0.161. The molecule has 0 bridgehead atoms. The van der Waals surface area contributed by atoms with E-state index >= 15 is 0 Å². The van der Waals surface area contributed by atoms with Gasteiger partial charge in [0.15, 0.2) is 0 Å². The van der Waals surface area contributed by atoms with Crippen molar-refractivity contribution in [3.63, 3.8) is 0 Å². The van der Waals surface area contributed by atoms with Gasteiger partial charge in [0.1, 0.15) is 0 Å². The molecule has 1 atom stereocenters. The molecule has 1 aliphatic heterocycles. The number of hydrogen-bond acceptors (Lipinski definition) is 2. The van der Waals surface area contributed by atoms with Crippen LogP contribution >= 0.6 is 0 Å². The van der Waals surface area contributed by atoms with Crippen molar-refractivity contribution in [3.8, 4) is 0 Å². The Kier molecular flexibility index (Phi) is 4.21. The lowest BCUT2D eigenvalue weighted by Gasteiger charge is -2.36. The number of hydrogen-bond donors (Lipinski definition) is 1. The van der Waals surface area contributed by atoms with E-state index in [4.69, 9.17) is 4.74 Å². The minimum absolute atomic E-state index is 0.0637. The Labute approximate surface area is 113 Å². The SMILES string of the molecule is CC1(C)CC(NCC(F)(F)c2ccccc2)CCO1. The third-order valence-electron chi connectivity index (χ3n) is 3.51. The predicted molar refractivity (Wildman–Crippen MR) is 71.4 cm³/mol. The van der Waals surface area contributed by atoms with Crippen molar-refractivity contribution in [2.45, 2.75) is 44.3 Å². The zero-order valence-electron chi connectivity index (χ0n) is 11.5. The summed E-state index contributed by atoms with van der Waals surface area (Å²) in [6, 6.07) is 8.05. The van der Waals surface area contributed by atoms with Crippen LogP contribution in [0.25, 0.3) is 0 Å². The summed E-state index contributed by atoms with van der Waals surface area (Å²) in [6.07, 6.45) is 1.55. The first-order valence-corrected chi connectivity index (χ1v) is 6.70. The Hall–Kier alpha value is -1.00. The van der Waals surface area contributed by atoms with Crippen LogP contribution in [0.15, 0.2) is 30.3 Å². The van der Waals surface area contributed by atoms with E-state index in [1.165, 1.54) is 12.1 Å². The van der Waals surface area contributed by atoms with Gasteiger partial charge in [0.25, 0.3) is 5.92 Å². The highest BCUT2D eigenvalue weighted by Crippen LogP contribution is 2.28. The van der Waals surface area contributed by atoms with E-state index in [1.54, 1.807) is 18.2 Å². The Morgan fingerprint density at radius 1 is 1.32 bits per heavy atom.